The molecule has 1 aromatic rings. The van der Waals surface area contributed by atoms with E-state index >= 15 is 0 Å². The zero-order chi connectivity index (χ0) is 15.5. The first-order chi connectivity index (χ1) is 10.2. The quantitative estimate of drug-likeness (QED) is 0.581. The van der Waals surface area contributed by atoms with Gasteiger partial charge in [-0.15, -0.1) is 5.92 Å². The molecule has 1 aromatic heterocycles. The molecule has 112 valence electrons. The molecule has 1 heterocycles. The first-order valence-corrected chi connectivity index (χ1v) is 7.34. The van der Waals surface area contributed by atoms with E-state index < -0.39 is 0 Å². The normalized spacial score (nSPS) is 11.3. The third kappa shape index (κ3) is 6.67. The number of rotatable bonds is 7. The molecule has 0 aliphatic heterocycles. The zero-order valence-corrected chi connectivity index (χ0v) is 13.1. The molecule has 0 atom stereocenters. The number of amides is 1. The average molecular weight is 284 g/mol. The van der Waals surface area contributed by atoms with Crippen molar-refractivity contribution in [1.82, 2.24) is 10.3 Å². The van der Waals surface area contributed by atoms with Crippen LogP contribution in [-0.4, -0.2) is 17.4 Å². The van der Waals surface area contributed by atoms with Gasteiger partial charge in [0.05, 0.1) is 5.56 Å². The van der Waals surface area contributed by atoms with Crippen molar-refractivity contribution in [2.24, 2.45) is 0 Å². The van der Waals surface area contributed by atoms with Crippen LogP contribution < -0.4 is 5.32 Å². The molecule has 0 aliphatic rings. The molecule has 0 saturated heterocycles. The fourth-order valence-corrected chi connectivity index (χ4v) is 1.92. The number of hydrogen-bond donors (Lipinski definition) is 2. The van der Waals surface area contributed by atoms with Crippen molar-refractivity contribution >= 4 is 5.91 Å². The lowest BCUT2D eigenvalue weighted by molar-refractivity contribution is 0.0958. The molecule has 21 heavy (non-hydrogen) atoms. The standard InChI is InChI=1S/C18H24N2O/c1-4-6-10-16(9-5-2)11-7-8-12-19-18(21)17-13-15(3)20-14-17/h7-8,11,13-14,20H,5,9-10,12H2,1-3H3,(H,19,21). The maximum atomic E-state index is 11.8. The van der Waals surface area contributed by atoms with E-state index in [1.807, 2.05) is 32.1 Å². The molecule has 0 saturated carbocycles. The lowest BCUT2D eigenvalue weighted by atomic mass is 10.1. The molecule has 2 N–H and O–H groups in total. The number of aromatic nitrogens is 1. The highest BCUT2D eigenvalue weighted by Crippen LogP contribution is 2.09. The highest BCUT2D eigenvalue weighted by molar-refractivity contribution is 5.94. The Labute approximate surface area is 127 Å². The number of aromatic amines is 1. The van der Waals surface area contributed by atoms with Gasteiger partial charge in [-0.3, -0.25) is 4.79 Å². The molecule has 3 nitrogen and oxygen atoms in total. The molecule has 0 fully saturated rings. The lowest BCUT2D eigenvalue weighted by Crippen LogP contribution is -2.22. The number of nitrogens with one attached hydrogen (secondary N) is 2. The molecule has 3 heteroatoms. The minimum atomic E-state index is -0.0568. The second kappa shape index (κ2) is 9.66. The lowest BCUT2D eigenvalue weighted by Gasteiger charge is -2.00. The van der Waals surface area contributed by atoms with Crippen LogP contribution in [0, 0.1) is 18.8 Å². The molecule has 1 amide bonds. The number of allylic oxidation sites excluding steroid dienone is 3. The summed E-state index contributed by atoms with van der Waals surface area (Å²) in [6.45, 7) is 6.47. The van der Waals surface area contributed by atoms with Crippen LogP contribution in [0.3, 0.4) is 0 Å². The first-order valence-electron chi connectivity index (χ1n) is 7.34. The molecule has 0 aliphatic carbocycles. The molecule has 0 aromatic carbocycles. The Morgan fingerprint density at radius 3 is 2.90 bits per heavy atom. The predicted octanol–water partition coefficient (Wildman–Crippen LogP) is 3.75. The SMILES string of the molecule is CC#CCC(=CC=CCNC(=O)c1c[nH]c(C)c1)CCC. The zero-order valence-electron chi connectivity index (χ0n) is 13.1. The van der Waals surface area contributed by atoms with Gasteiger partial charge in [0.25, 0.3) is 5.91 Å². The van der Waals surface area contributed by atoms with Crippen LogP contribution in [0.1, 0.15) is 49.2 Å². The van der Waals surface area contributed by atoms with Gasteiger partial charge in [-0.05, 0) is 26.3 Å². The van der Waals surface area contributed by atoms with Crippen molar-refractivity contribution in [2.45, 2.75) is 40.0 Å². The van der Waals surface area contributed by atoms with E-state index in [9.17, 15) is 4.79 Å². The third-order valence-corrected chi connectivity index (χ3v) is 3.00. The largest absolute Gasteiger partial charge is 0.364 e. The third-order valence-electron chi connectivity index (χ3n) is 3.00. The summed E-state index contributed by atoms with van der Waals surface area (Å²) < 4.78 is 0. The van der Waals surface area contributed by atoms with Crippen molar-refractivity contribution in [2.75, 3.05) is 6.54 Å². The summed E-state index contributed by atoms with van der Waals surface area (Å²) in [4.78, 5) is 14.8. The summed E-state index contributed by atoms with van der Waals surface area (Å²) in [5, 5.41) is 2.86. The van der Waals surface area contributed by atoms with Crippen molar-refractivity contribution in [3.05, 3.63) is 47.3 Å². The van der Waals surface area contributed by atoms with Crippen LogP contribution >= 0.6 is 0 Å². The molecule has 0 bridgehead atoms. The van der Waals surface area contributed by atoms with Crippen LogP contribution in [0.2, 0.25) is 0 Å². The van der Waals surface area contributed by atoms with Gasteiger partial charge in [0, 0.05) is 24.9 Å². The summed E-state index contributed by atoms with van der Waals surface area (Å²) in [5.41, 5.74) is 2.98. The van der Waals surface area contributed by atoms with E-state index in [2.05, 4.69) is 35.1 Å². The highest BCUT2D eigenvalue weighted by atomic mass is 16.1. The minimum Gasteiger partial charge on any atom is -0.364 e. The highest BCUT2D eigenvalue weighted by Gasteiger charge is 2.04. The van der Waals surface area contributed by atoms with E-state index in [1.165, 1.54) is 5.57 Å². The Bertz CT molecular complexity index is 568. The van der Waals surface area contributed by atoms with Crippen LogP contribution in [0.5, 0.6) is 0 Å². The van der Waals surface area contributed by atoms with Crippen molar-refractivity contribution in [3.63, 3.8) is 0 Å². The topological polar surface area (TPSA) is 44.9 Å². The number of H-pyrrole nitrogens is 1. The van der Waals surface area contributed by atoms with Gasteiger partial charge in [0.15, 0.2) is 0 Å². The minimum absolute atomic E-state index is 0.0568. The fraction of sp³-hybridized carbons (Fsp3) is 0.389. The van der Waals surface area contributed by atoms with E-state index in [0.717, 1.165) is 25.0 Å². The predicted molar refractivity (Wildman–Crippen MR) is 88.1 cm³/mol. The molecule has 1 rings (SSSR count). The summed E-state index contributed by atoms with van der Waals surface area (Å²) >= 11 is 0. The average Bonchev–Trinajstić information content (AvgIpc) is 2.90. The Hall–Kier alpha value is -2.21. The fourth-order valence-electron chi connectivity index (χ4n) is 1.92. The summed E-state index contributed by atoms with van der Waals surface area (Å²) in [6, 6.07) is 1.84. The van der Waals surface area contributed by atoms with Gasteiger partial charge in [0.1, 0.15) is 0 Å². The Morgan fingerprint density at radius 2 is 2.29 bits per heavy atom. The molecular weight excluding hydrogens is 260 g/mol. The van der Waals surface area contributed by atoms with Crippen LogP contribution in [-0.2, 0) is 0 Å². The van der Waals surface area contributed by atoms with E-state index in [0.29, 0.717) is 12.1 Å². The van der Waals surface area contributed by atoms with Gasteiger partial charge < -0.3 is 10.3 Å². The van der Waals surface area contributed by atoms with Gasteiger partial charge in [-0.2, -0.15) is 0 Å². The van der Waals surface area contributed by atoms with Crippen molar-refractivity contribution in [3.8, 4) is 11.8 Å². The smallest absolute Gasteiger partial charge is 0.253 e. The molecule has 0 unspecified atom stereocenters. The number of carbonyl (C=O) groups is 1. The van der Waals surface area contributed by atoms with Crippen LogP contribution in [0.25, 0.3) is 0 Å². The number of aryl methyl sites for hydroxylation is 1. The summed E-state index contributed by atoms with van der Waals surface area (Å²) in [5.74, 6) is 5.95. The molecular formula is C18H24N2O. The first kappa shape index (κ1) is 16.8. The monoisotopic (exact) mass is 284 g/mol. The molecule has 0 spiro atoms. The van der Waals surface area contributed by atoms with Crippen molar-refractivity contribution < 1.29 is 4.79 Å². The van der Waals surface area contributed by atoms with Crippen LogP contribution in [0.15, 0.2) is 36.1 Å². The van der Waals surface area contributed by atoms with Gasteiger partial charge >= 0.3 is 0 Å². The van der Waals surface area contributed by atoms with Crippen LogP contribution in [0.4, 0.5) is 0 Å². The summed E-state index contributed by atoms with van der Waals surface area (Å²) in [7, 11) is 0. The second-order valence-electron chi connectivity index (χ2n) is 4.89. The summed E-state index contributed by atoms with van der Waals surface area (Å²) in [6.07, 6.45) is 10.8. The maximum Gasteiger partial charge on any atom is 0.253 e. The number of carbonyl (C=O) groups excluding carboxylic acids is 1. The van der Waals surface area contributed by atoms with E-state index in [1.54, 1.807) is 6.20 Å². The second-order valence-corrected chi connectivity index (χ2v) is 4.89. The Balaban J connectivity index is 2.41. The Morgan fingerprint density at radius 1 is 1.48 bits per heavy atom. The van der Waals surface area contributed by atoms with E-state index in [-0.39, 0.29) is 5.91 Å². The van der Waals surface area contributed by atoms with Gasteiger partial charge in [-0.25, -0.2) is 0 Å². The number of hydrogen-bond acceptors (Lipinski definition) is 1. The maximum absolute atomic E-state index is 11.8. The molecule has 0 radical (unpaired) electrons. The van der Waals surface area contributed by atoms with E-state index in [4.69, 9.17) is 0 Å². The van der Waals surface area contributed by atoms with Crippen molar-refractivity contribution in [1.29, 1.82) is 0 Å². The van der Waals surface area contributed by atoms with Gasteiger partial charge in [0.2, 0.25) is 0 Å². The van der Waals surface area contributed by atoms with Gasteiger partial charge in [-0.1, -0.05) is 43.1 Å². The Kier molecular flexibility index (Phi) is 7.74.